The van der Waals surface area contributed by atoms with Crippen LogP contribution in [0.4, 0.5) is 0 Å². The molecule has 1 aliphatic rings. The first-order chi connectivity index (χ1) is 6.38. The second-order valence-corrected chi connectivity index (χ2v) is 6.06. The number of hydrogen-bond acceptors (Lipinski definition) is 2. The molecule has 84 valence electrons. The van der Waals surface area contributed by atoms with E-state index in [9.17, 15) is 0 Å². The molecular weight excluding hydrogens is 172 g/mol. The molecule has 1 saturated carbocycles. The summed E-state index contributed by atoms with van der Waals surface area (Å²) >= 11 is 0. The first-order valence-electron chi connectivity index (χ1n) is 5.84. The highest BCUT2D eigenvalue weighted by Crippen LogP contribution is 2.24. The number of nitrogens with zero attached hydrogens (tertiary/aromatic N) is 1. The summed E-state index contributed by atoms with van der Waals surface area (Å²) in [6.45, 7) is 8.06. The van der Waals surface area contributed by atoms with Crippen LogP contribution < -0.4 is 5.73 Å². The highest BCUT2D eigenvalue weighted by Gasteiger charge is 2.25. The van der Waals surface area contributed by atoms with Crippen molar-refractivity contribution in [2.45, 2.75) is 58.5 Å². The summed E-state index contributed by atoms with van der Waals surface area (Å²) in [5.41, 5.74) is 6.40. The minimum atomic E-state index is 0.399. The van der Waals surface area contributed by atoms with Gasteiger partial charge in [0.2, 0.25) is 0 Å². The van der Waals surface area contributed by atoms with Gasteiger partial charge in [0, 0.05) is 18.6 Å². The summed E-state index contributed by atoms with van der Waals surface area (Å²) < 4.78 is 0. The Labute approximate surface area is 88.8 Å². The molecule has 0 aromatic rings. The molecule has 0 bridgehead atoms. The molecule has 0 radical (unpaired) electrons. The summed E-state index contributed by atoms with van der Waals surface area (Å²) in [7, 11) is 2.24. The SMILES string of the molecule is CN(CC(C)(C)C)C1CCCC(N)C1. The second-order valence-electron chi connectivity index (χ2n) is 6.06. The highest BCUT2D eigenvalue weighted by molar-refractivity contribution is 4.82. The highest BCUT2D eigenvalue weighted by atomic mass is 15.1. The fourth-order valence-electron chi connectivity index (χ4n) is 2.48. The van der Waals surface area contributed by atoms with E-state index in [0.717, 1.165) is 6.04 Å². The number of hydrogen-bond donors (Lipinski definition) is 1. The van der Waals surface area contributed by atoms with E-state index in [1.807, 2.05) is 0 Å². The maximum Gasteiger partial charge on any atom is 0.0107 e. The average molecular weight is 198 g/mol. The monoisotopic (exact) mass is 198 g/mol. The third kappa shape index (κ3) is 3.97. The van der Waals surface area contributed by atoms with E-state index in [1.165, 1.54) is 32.2 Å². The van der Waals surface area contributed by atoms with Gasteiger partial charge < -0.3 is 10.6 Å². The van der Waals surface area contributed by atoms with Crippen LogP contribution in [0.25, 0.3) is 0 Å². The summed E-state index contributed by atoms with van der Waals surface area (Å²) in [4.78, 5) is 2.50. The van der Waals surface area contributed by atoms with E-state index < -0.39 is 0 Å². The molecule has 0 heterocycles. The van der Waals surface area contributed by atoms with Gasteiger partial charge in [-0.2, -0.15) is 0 Å². The van der Waals surface area contributed by atoms with Crippen LogP contribution in [0.15, 0.2) is 0 Å². The molecule has 0 spiro atoms. The maximum atomic E-state index is 6.00. The first-order valence-corrected chi connectivity index (χ1v) is 5.84. The smallest absolute Gasteiger partial charge is 0.0107 e. The molecule has 0 saturated heterocycles. The van der Waals surface area contributed by atoms with Crippen molar-refractivity contribution in [2.24, 2.45) is 11.1 Å². The van der Waals surface area contributed by atoms with Crippen LogP contribution in [0.2, 0.25) is 0 Å². The van der Waals surface area contributed by atoms with Crippen LogP contribution in [0.5, 0.6) is 0 Å². The van der Waals surface area contributed by atoms with Gasteiger partial charge in [-0.25, -0.2) is 0 Å². The Bertz CT molecular complexity index is 172. The largest absolute Gasteiger partial charge is 0.328 e. The lowest BCUT2D eigenvalue weighted by atomic mass is 9.88. The van der Waals surface area contributed by atoms with Crippen molar-refractivity contribution in [1.82, 2.24) is 4.90 Å². The van der Waals surface area contributed by atoms with Gasteiger partial charge in [0.1, 0.15) is 0 Å². The van der Waals surface area contributed by atoms with Crippen LogP contribution in [0.1, 0.15) is 46.5 Å². The van der Waals surface area contributed by atoms with Crippen molar-refractivity contribution in [3.8, 4) is 0 Å². The standard InChI is InChI=1S/C12H26N2/c1-12(2,3)9-14(4)11-7-5-6-10(13)8-11/h10-11H,5-9,13H2,1-4H3. The third-order valence-electron chi connectivity index (χ3n) is 3.03. The molecule has 0 aliphatic heterocycles. The number of nitrogens with two attached hydrogens (primary N) is 1. The van der Waals surface area contributed by atoms with Crippen molar-refractivity contribution < 1.29 is 0 Å². The predicted molar refractivity (Wildman–Crippen MR) is 62.3 cm³/mol. The van der Waals surface area contributed by atoms with Crippen LogP contribution in [-0.4, -0.2) is 30.6 Å². The molecule has 1 rings (SSSR count). The van der Waals surface area contributed by atoms with Crippen LogP contribution in [-0.2, 0) is 0 Å². The van der Waals surface area contributed by atoms with Crippen molar-refractivity contribution >= 4 is 0 Å². The Hall–Kier alpha value is -0.0800. The Kier molecular flexibility index (Phi) is 3.96. The second kappa shape index (κ2) is 4.63. The molecular formula is C12H26N2. The average Bonchev–Trinajstić information content (AvgIpc) is 2.01. The summed E-state index contributed by atoms with van der Waals surface area (Å²) in [5.74, 6) is 0. The fraction of sp³-hybridized carbons (Fsp3) is 1.00. The predicted octanol–water partition coefficient (Wildman–Crippen LogP) is 2.23. The van der Waals surface area contributed by atoms with Gasteiger partial charge in [-0.15, -0.1) is 0 Å². The molecule has 1 fully saturated rings. The summed E-state index contributed by atoms with van der Waals surface area (Å²) in [5, 5.41) is 0. The van der Waals surface area contributed by atoms with E-state index in [2.05, 4.69) is 32.7 Å². The summed E-state index contributed by atoms with van der Waals surface area (Å²) in [6, 6.07) is 1.16. The van der Waals surface area contributed by atoms with Crippen molar-refractivity contribution in [3.63, 3.8) is 0 Å². The van der Waals surface area contributed by atoms with Crippen LogP contribution in [0.3, 0.4) is 0 Å². The Morgan fingerprint density at radius 3 is 2.43 bits per heavy atom. The molecule has 14 heavy (non-hydrogen) atoms. The lowest BCUT2D eigenvalue weighted by Crippen LogP contribution is -2.43. The molecule has 2 nitrogen and oxygen atoms in total. The quantitative estimate of drug-likeness (QED) is 0.737. The molecule has 2 N–H and O–H groups in total. The molecule has 2 unspecified atom stereocenters. The van der Waals surface area contributed by atoms with Gasteiger partial charge in [0.05, 0.1) is 0 Å². The maximum absolute atomic E-state index is 6.00. The van der Waals surface area contributed by atoms with Crippen LogP contribution >= 0.6 is 0 Å². The normalized spacial score (nSPS) is 29.6. The Balaban J connectivity index is 2.39. The lowest BCUT2D eigenvalue weighted by molar-refractivity contribution is 0.134. The minimum absolute atomic E-state index is 0.399. The van der Waals surface area contributed by atoms with E-state index >= 15 is 0 Å². The summed E-state index contributed by atoms with van der Waals surface area (Å²) in [6.07, 6.45) is 5.05. The molecule has 2 atom stereocenters. The zero-order chi connectivity index (χ0) is 10.8. The van der Waals surface area contributed by atoms with E-state index in [4.69, 9.17) is 5.73 Å². The van der Waals surface area contributed by atoms with Crippen molar-refractivity contribution in [1.29, 1.82) is 0 Å². The zero-order valence-corrected chi connectivity index (χ0v) is 10.2. The number of rotatable bonds is 2. The van der Waals surface area contributed by atoms with Crippen molar-refractivity contribution in [2.75, 3.05) is 13.6 Å². The molecule has 1 aliphatic carbocycles. The molecule has 0 amide bonds. The van der Waals surface area contributed by atoms with Crippen molar-refractivity contribution in [3.05, 3.63) is 0 Å². The molecule has 2 heteroatoms. The fourth-order valence-corrected chi connectivity index (χ4v) is 2.48. The zero-order valence-electron chi connectivity index (χ0n) is 10.2. The van der Waals surface area contributed by atoms with Gasteiger partial charge in [-0.3, -0.25) is 0 Å². The minimum Gasteiger partial charge on any atom is -0.328 e. The van der Waals surface area contributed by atoms with Gasteiger partial charge in [-0.1, -0.05) is 27.2 Å². The Morgan fingerprint density at radius 2 is 1.93 bits per heavy atom. The molecule has 0 aromatic carbocycles. The topological polar surface area (TPSA) is 29.3 Å². The molecule has 0 aromatic heterocycles. The van der Waals surface area contributed by atoms with E-state index in [0.29, 0.717) is 11.5 Å². The Morgan fingerprint density at radius 1 is 1.29 bits per heavy atom. The van der Waals surface area contributed by atoms with Gasteiger partial charge in [0.25, 0.3) is 0 Å². The van der Waals surface area contributed by atoms with E-state index in [1.54, 1.807) is 0 Å². The van der Waals surface area contributed by atoms with Gasteiger partial charge in [0.15, 0.2) is 0 Å². The first kappa shape index (κ1) is 12.0. The van der Waals surface area contributed by atoms with Crippen LogP contribution in [0, 0.1) is 5.41 Å². The lowest BCUT2D eigenvalue weighted by Gasteiger charge is -2.37. The van der Waals surface area contributed by atoms with Gasteiger partial charge in [-0.05, 0) is 31.7 Å². The van der Waals surface area contributed by atoms with Gasteiger partial charge >= 0.3 is 0 Å². The third-order valence-corrected chi connectivity index (χ3v) is 3.03. The van der Waals surface area contributed by atoms with E-state index in [-0.39, 0.29) is 0 Å².